The van der Waals surface area contributed by atoms with Gasteiger partial charge < -0.3 is 0 Å². The monoisotopic (exact) mass is 184 g/mol. The minimum atomic E-state index is 0.493. The summed E-state index contributed by atoms with van der Waals surface area (Å²) in [6, 6.07) is 7.62. The number of hydrogen-bond acceptors (Lipinski definition) is 4. The number of hydrogen-bond donors (Lipinski definition) is 0. The summed E-state index contributed by atoms with van der Waals surface area (Å²) in [5, 5.41) is 8.21. The lowest BCUT2D eigenvalue weighted by atomic mass is 10.4. The third kappa shape index (κ3) is 3.93. The maximum atomic E-state index is 8.21. The van der Waals surface area contributed by atoms with Crippen LogP contribution < -0.4 is 0 Å². The smallest absolute Gasteiger partial charge is 0.115 e. The Morgan fingerprint density at radius 2 is 1.57 bits per heavy atom. The Morgan fingerprint density at radius 3 is 1.86 bits per heavy atom. The van der Waals surface area contributed by atoms with E-state index in [4.69, 9.17) is 5.26 Å². The van der Waals surface area contributed by atoms with E-state index in [9.17, 15) is 0 Å². The molecule has 14 heavy (non-hydrogen) atoms. The van der Waals surface area contributed by atoms with Crippen molar-refractivity contribution in [3.63, 3.8) is 0 Å². The van der Waals surface area contributed by atoms with E-state index >= 15 is 0 Å². The topological polar surface area (TPSA) is 62.5 Å². The van der Waals surface area contributed by atoms with E-state index in [2.05, 4.69) is 15.0 Å². The predicted molar refractivity (Wildman–Crippen MR) is 51.0 cm³/mol. The minimum absolute atomic E-state index is 0.493. The molecule has 0 fully saturated rings. The van der Waals surface area contributed by atoms with Crippen LogP contribution in [0.2, 0.25) is 0 Å². The molecule has 0 saturated heterocycles. The van der Waals surface area contributed by atoms with Crippen molar-refractivity contribution in [3.05, 3.63) is 54.9 Å². The summed E-state index contributed by atoms with van der Waals surface area (Å²) in [6.07, 6.45) is 7.82. The van der Waals surface area contributed by atoms with Crippen LogP contribution >= 0.6 is 0 Å². The molecule has 0 unspecified atom stereocenters. The Labute approximate surface area is 81.9 Å². The van der Waals surface area contributed by atoms with Crippen molar-refractivity contribution in [2.75, 3.05) is 0 Å². The maximum absolute atomic E-state index is 8.21. The Morgan fingerprint density at radius 1 is 0.929 bits per heavy atom. The first-order valence-electron chi connectivity index (χ1n) is 3.93. The Bertz CT molecular complexity index is 353. The molecule has 0 aliphatic rings. The van der Waals surface area contributed by atoms with E-state index in [0.717, 1.165) is 0 Å². The van der Waals surface area contributed by atoms with E-state index in [1.165, 1.54) is 18.7 Å². The molecule has 0 aliphatic carbocycles. The van der Waals surface area contributed by atoms with Crippen LogP contribution in [-0.2, 0) is 0 Å². The molecule has 4 heteroatoms. The minimum Gasteiger partial charge on any atom is -0.265 e. The van der Waals surface area contributed by atoms with Gasteiger partial charge in [-0.3, -0.25) is 4.98 Å². The SMILES string of the molecule is N#Cc1cncnc1.c1ccncc1. The second-order valence-electron chi connectivity index (χ2n) is 2.26. The van der Waals surface area contributed by atoms with Crippen molar-refractivity contribution in [3.8, 4) is 6.07 Å². The van der Waals surface area contributed by atoms with E-state index in [1.54, 1.807) is 12.4 Å². The zero-order chi connectivity index (χ0) is 10.1. The van der Waals surface area contributed by atoms with Crippen LogP contribution in [0, 0.1) is 11.3 Å². The van der Waals surface area contributed by atoms with Crippen LogP contribution in [0.4, 0.5) is 0 Å². The Hall–Kier alpha value is -2.28. The van der Waals surface area contributed by atoms with Gasteiger partial charge in [-0.2, -0.15) is 5.26 Å². The molecule has 0 saturated carbocycles. The number of nitrogens with zero attached hydrogens (tertiary/aromatic N) is 4. The normalized spacial score (nSPS) is 7.93. The molecule has 0 N–H and O–H groups in total. The highest BCUT2D eigenvalue weighted by Crippen LogP contribution is 1.85. The highest BCUT2D eigenvalue weighted by atomic mass is 14.8. The van der Waals surface area contributed by atoms with Gasteiger partial charge in [-0.05, 0) is 12.1 Å². The average Bonchev–Trinajstić information content (AvgIpc) is 2.33. The van der Waals surface area contributed by atoms with Crippen molar-refractivity contribution in [1.29, 1.82) is 5.26 Å². The van der Waals surface area contributed by atoms with Gasteiger partial charge in [0.2, 0.25) is 0 Å². The molecule has 2 rings (SSSR count). The molecule has 0 atom stereocenters. The van der Waals surface area contributed by atoms with Gasteiger partial charge in [-0.25, -0.2) is 9.97 Å². The van der Waals surface area contributed by atoms with E-state index in [0.29, 0.717) is 5.56 Å². The summed E-state index contributed by atoms with van der Waals surface area (Å²) in [4.78, 5) is 11.0. The second-order valence-corrected chi connectivity index (χ2v) is 2.26. The molecular weight excluding hydrogens is 176 g/mol. The summed E-state index contributed by atoms with van der Waals surface area (Å²) < 4.78 is 0. The van der Waals surface area contributed by atoms with Gasteiger partial charge in [0.25, 0.3) is 0 Å². The van der Waals surface area contributed by atoms with Crippen molar-refractivity contribution < 1.29 is 0 Å². The van der Waals surface area contributed by atoms with E-state index in [1.807, 2.05) is 24.3 Å². The van der Waals surface area contributed by atoms with Crippen LogP contribution in [0.15, 0.2) is 49.3 Å². The summed E-state index contributed by atoms with van der Waals surface area (Å²) in [5.74, 6) is 0. The predicted octanol–water partition coefficient (Wildman–Crippen LogP) is 1.43. The van der Waals surface area contributed by atoms with Gasteiger partial charge in [0.15, 0.2) is 0 Å². The zero-order valence-electron chi connectivity index (χ0n) is 7.41. The van der Waals surface area contributed by atoms with Gasteiger partial charge in [0.05, 0.1) is 5.56 Å². The lowest BCUT2D eigenvalue weighted by Gasteiger charge is -1.79. The van der Waals surface area contributed by atoms with E-state index in [-0.39, 0.29) is 0 Å². The fourth-order valence-corrected chi connectivity index (χ4v) is 0.669. The quantitative estimate of drug-likeness (QED) is 0.621. The van der Waals surface area contributed by atoms with Gasteiger partial charge >= 0.3 is 0 Å². The van der Waals surface area contributed by atoms with Crippen LogP contribution in [0.1, 0.15) is 5.56 Å². The van der Waals surface area contributed by atoms with Crippen LogP contribution in [0.3, 0.4) is 0 Å². The standard InChI is InChI=1S/C5H3N3.C5H5N/c6-1-5-2-7-4-8-3-5;1-2-4-6-5-3-1/h2-4H;1-5H. The highest BCUT2D eigenvalue weighted by Gasteiger charge is 1.82. The summed E-state index contributed by atoms with van der Waals surface area (Å²) in [6.45, 7) is 0. The highest BCUT2D eigenvalue weighted by molar-refractivity contribution is 5.20. The lowest BCUT2D eigenvalue weighted by molar-refractivity contribution is 1.15. The van der Waals surface area contributed by atoms with Crippen molar-refractivity contribution in [1.82, 2.24) is 15.0 Å². The maximum Gasteiger partial charge on any atom is 0.115 e. The first kappa shape index (κ1) is 9.81. The molecular formula is C10H8N4. The number of nitriles is 1. The molecule has 0 aromatic carbocycles. The molecule has 0 amide bonds. The van der Waals surface area contributed by atoms with Crippen molar-refractivity contribution >= 4 is 0 Å². The zero-order valence-corrected chi connectivity index (χ0v) is 7.41. The molecule has 0 radical (unpaired) electrons. The lowest BCUT2D eigenvalue weighted by Crippen LogP contribution is -1.77. The average molecular weight is 184 g/mol. The van der Waals surface area contributed by atoms with Crippen LogP contribution in [0.25, 0.3) is 0 Å². The van der Waals surface area contributed by atoms with Crippen LogP contribution in [0.5, 0.6) is 0 Å². The summed E-state index contributed by atoms with van der Waals surface area (Å²) >= 11 is 0. The summed E-state index contributed by atoms with van der Waals surface area (Å²) in [5.41, 5.74) is 0.493. The molecule has 2 aromatic rings. The number of aromatic nitrogens is 3. The Balaban J connectivity index is 0.000000146. The number of pyridine rings is 1. The van der Waals surface area contributed by atoms with Crippen molar-refractivity contribution in [2.45, 2.75) is 0 Å². The first-order valence-corrected chi connectivity index (χ1v) is 3.93. The van der Waals surface area contributed by atoms with Gasteiger partial charge in [0.1, 0.15) is 12.4 Å². The molecule has 68 valence electrons. The van der Waals surface area contributed by atoms with Gasteiger partial charge in [-0.15, -0.1) is 0 Å². The first-order chi connectivity index (χ1) is 6.93. The Kier molecular flexibility index (Phi) is 4.38. The molecule has 0 spiro atoms. The molecule has 0 bridgehead atoms. The summed E-state index contributed by atoms with van der Waals surface area (Å²) in [7, 11) is 0. The molecule has 2 aromatic heterocycles. The van der Waals surface area contributed by atoms with Gasteiger partial charge in [-0.1, -0.05) is 6.07 Å². The fourth-order valence-electron chi connectivity index (χ4n) is 0.669. The second kappa shape index (κ2) is 6.26. The molecule has 4 nitrogen and oxygen atoms in total. The van der Waals surface area contributed by atoms with Gasteiger partial charge in [0, 0.05) is 24.8 Å². The third-order valence-corrected chi connectivity index (χ3v) is 1.26. The molecule has 2 heterocycles. The van der Waals surface area contributed by atoms with Crippen LogP contribution in [-0.4, -0.2) is 15.0 Å². The fraction of sp³-hybridized carbons (Fsp3) is 0. The molecule has 0 aliphatic heterocycles. The largest absolute Gasteiger partial charge is 0.265 e. The number of rotatable bonds is 0. The van der Waals surface area contributed by atoms with E-state index < -0.39 is 0 Å². The third-order valence-electron chi connectivity index (χ3n) is 1.26. The van der Waals surface area contributed by atoms with Crippen molar-refractivity contribution in [2.24, 2.45) is 0 Å².